The molecule has 0 aromatic heterocycles. The maximum absolute atomic E-state index is 13.9. The Morgan fingerprint density at radius 3 is 2.58 bits per heavy atom. The summed E-state index contributed by atoms with van der Waals surface area (Å²) < 4.78 is 12.2. The van der Waals surface area contributed by atoms with Crippen molar-refractivity contribution in [2.24, 2.45) is 5.92 Å². The molecule has 1 amide bonds. The van der Waals surface area contributed by atoms with Crippen LogP contribution in [0.2, 0.25) is 0 Å². The van der Waals surface area contributed by atoms with Crippen LogP contribution in [-0.2, 0) is 22.4 Å². The lowest BCUT2D eigenvalue weighted by atomic mass is 9.83. The first kappa shape index (κ1) is 32.8. The van der Waals surface area contributed by atoms with E-state index in [1.165, 1.54) is 0 Å². The van der Waals surface area contributed by atoms with Gasteiger partial charge in [0.2, 0.25) is 5.91 Å². The Bertz CT molecular complexity index is 1230. The van der Waals surface area contributed by atoms with Gasteiger partial charge in [0.1, 0.15) is 11.5 Å². The van der Waals surface area contributed by atoms with Crippen molar-refractivity contribution in [1.82, 2.24) is 9.80 Å². The van der Waals surface area contributed by atoms with Crippen molar-refractivity contribution in [3.63, 3.8) is 0 Å². The van der Waals surface area contributed by atoms with Crippen LogP contribution in [0.15, 0.2) is 42.5 Å². The first-order chi connectivity index (χ1) is 20.6. The number of para-hydroxylation sites is 1. The number of likely N-dealkylation sites (tertiary alicyclic amines) is 1. The van der Waals surface area contributed by atoms with E-state index in [1.807, 2.05) is 41.3 Å². The van der Waals surface area contributed by atoms with Crippen LogP contribution >= 0.6 is 0 Å². The Morgan fingerprint density at radius 1 is 1.09 bits per heavy atom. The molecule has 1 saturated heterocycles. The van der Waals surface area contributed by atoms with Crippen LogP contribution in [0.25, 0.3) is 0 Å². The van der Waals surface area contributed by atoms with Crippen molar-refractivity contribution in [3.05, 3.63) is 59.2 Å². The molecule has 1 fully saturated rings. The summed E-state index contributed by atoms with van der Waals surface area (Å²) >= 11 is 0. The summed E-state index contributed by atoms with van der Waals surface area (Å²) in [6, 6.07) is 13.8. The molecule has 0 radical (unpaired) electrons. The Balaban J connectivity index is 1.56. The number of unbranched alkanes of at least 4 members (excludes halogenated alkanes) is 2. The number of aliphatic carboxylic acids is 1. The van der Waals surface area contributed by atoms with Gasteiger partial charge in [-0.25, -0.2) is 0 Å². The molecular formula is C35H52N3O5+. The zero-order chi connectivity index (χ0) is 31.0. The molecule has 43 heavy (non-hydrogen) atoms. The summed E-state index contributed by atoms with van der Waals surface area (Å²) in [7, 11) is 8.25. The second-order valence-corrected chi connectivity index (χ2v) is 13.2. The van der Waals surface area contributed by atoms with E-state index >= 15 is 0 Å². The number of carbonyl (C=O) groups is 2. The normalized spacial score (nSPS) is 20.1. The number of carboxylic acid groups (broad SMARTS) is 1. The number of nitrogens with zero attached hydrogens (tertiary/aromatic N) is 3. The number of methoxy groups -OCH3 is 1. The highest BCUT2D eigenvalue weighted by Gasteiger charge is 2.47. The summed E-state index contributed by atoms with van der Waals surface area (Å²) in [4.78, 5) is 31.0. The van der Waals surface area contributed by atoms with Crippen LogP contribution in [0.5, 0.6) is 11.5 Å². The second-order valence-electron chi connectivity index (χ2n) is 13.2. The van der Waals surface area contributed by atoms with Gasteiger partial charge >= 0.3 is 5.97 Å². The highest BCUT2D eigenvalue weighted by molar-refractivity contribution is 5.79. The number of carboxylic acids is 1. The zero-order valence-corrected chi connectivity index (χ0v) is 26.9. The maximum atomic E-state index is 13.9. The van der Waals surface area contributed by atoms with E-state index < -0.39 is 11.9 Å². The fourth-order valence-electron chi connectivity index (χ4n) is 6.71. The molecule has 236 valence electrons. The maximum Gasteiger partial charge on any atom is 0.308 e. The monoisotopic (exact) mass is 594 g/mol. The number of aryl methyl sites for hydroxylation is 1. The lowest BCUT2D eigenvalue weighted by Crippen LogP contribution is -2.45. The third-order valence-electron chi connectivity index (χ3n) is 9.06. The molecule has 1 N–H and O–H groups in total. The van der Waals surface area contributed by atoms with Crippen molar-refractivity contribution in [2.45, 2.75) is 63.8 Å². The number of rotatable bonds is 16. The molecular weight excluding hydrogens is 542 g/mol. The minimum absolute atomic E-state index is 0.105. The lowest BCUT2D eigenvalue weighted by Gasteiger charge is -2.30. The van der Waals surface area contributed by atoms with Gasteiger partial charge in [-0.3, -0.25) is 14.5 Å². The number of hydrogen-bond acceptors (Lipinski definition) is 5. The first-order valence-corrected chi connectivity index (χ1v) is 16.0. The van der Waals surface area contributed by atoms with E-state index in [-0.39, 0.29) is 24.4 Å². The predicted molar refractivity (Wildman–Crippen MR) is 170 cm³/mol. The molecule has 4 rings (SSSR count). The summed E-state index contributed by atoms with van der Waals surface area (Å²) in [5.41, 5.74) is 3.22. The largest absolute Gasteiger partial charge is 0.496 e. The van der Waals surface area contributed by atoms with E-state index in [0.29, 0.717) is 26.0 Å². The van der Waals surface area contributed by atoms with Crippen LogP contribution in [0.1, 0.15) is 61.6 Å². The van der Waals surface area contributed by atoms with Gasteiger partial charge in [-0.2, -0.15) is 0 Å². The van der Waals surface area contributed by atoms with E-state index in [2.05, 4.69) is 39.0 Å². The SMILES string of the molecule is CCCCN(CCCC[N+](C)(C)C)C(=O)CN1CC(c2ccc3c(c2)CCO3)C(C(=O)O)C1CCc1ccccc1OC. The molecule has 2 aliphatic rings. The molecule has 2 heterocycles. The van der Waals surface area contributed by atoms with E-state index in [0.717, 1.165) is 84.4 Å². The second kappa shape index (κ2) is 15.1. The van der Waals surface area contributed by atoms with Gasteiger partial charge in [-0.1, -0.05) is 43.7 Å². The minimum atomic E-state index is -0.801. The number of carbonyl (C=O) groups excluding carboxylic acids is 1. The topological polar surface area (TPSA) is 79.3 Å². The molecule has 0 spiro atoms. The van der Waals surface area contributed by atoms with Gasteiger partial charge in [0, 0.05) is 38.0 Å². The average Bonchev–Trinajstić information content (AvgIpc) is 3.59. The number of ether oxygens (including phenoxy) is 2. The summed E-state index contributed by atoms with van der Waals surface area (Å²) in [6.07, 6.45) is 6.18. The number of quaternary nitrogens is 1. The first-order valence-electron chi connectivity index (χ1n) is 16.0. The van der Waals surface area contributed by atoms with Crippen molar-refractivity contribution in [2.75, 3.05) is 67.6 Å². The van der Waals surface area contributed by atoms with Gasteiger partial charge in [0.25, 0.3) is 0 Å². The molecule has 0 bridgehead atoms. The molecule has 8 heteroatoms. The highest BCUT2D eigenvalue weighted by atomic mass is 16.5. The molecule has 8 nitrogen and oxygen atoms in total. The van der Waals surface area contributed by atoms with Crippen LogP contribution in [0.4, 0.5) is 0 Å². The number of fused-ring (bicyclic) bond motifs is 1. The molecule has 2 aromatic carbocycles. The van der Waals surface area contributed by atoms with Gasteiger partial charge in [0.05, 0.1) is 53.9 Å². The zero-order valence-electron chi connectivity index (χ0n) is 26.9. The van der Waals surface area contributed by atoms with Gasteiger partial charge in [-0.15, -0.1) is 0 Å². The molecule has 0 saturated carbocycles. The Morgan fingerprint density at radius 2 is 1.86 bits per heavy atom. The fraction of sp³-hybridized carbons (Fsp3) is 0.600. The number of amides is 1. The average molecular weight is 595 g/mol. The van der Waals surface area contributed by atoms with Gasteiger partial charge < -0.3 is 24.0 Å². The molecule has 2 aliphatic heterocycles. The Labute approximate surface area is 258 Å². The van der Waals surface area contributed by atoms with Crippen molar-refractivity contribution < 1.29 is 28.7 Å². The summed E-state index contributed by atoms with van der Waals surface area (Å²) in [6.45, 7) is 6.16. The molecule has 0 aliphatic carbocycles. The standard InChI is InChI=1S/C35H51N3O5/c1-6-7-19-36(20-10-11-21-38(2,3)4)33(39)25-37-24-29(27-15-17-32-28(23-27)18-22-43-32)34(35(40)41)30(37)16-14-26-12-8-9-13-31(26)42-5/h8-9,12-13,15,17,23,29-30,34H,6-7,10-11,14,16,18-22,24-25H2,1-5H3/p+1. The number of benzene rings is 2. The Hall–Kier alpha value is -3.10. The number of hydrogen-bond donors (Lipinski definition) is 1. The minimum Gasteiger partial charge on any atom is -0.496 e. The fourth-order valence-corrected chi connectivity index (χ4v) is 6.71. The van der Waals surface area contributed by atoms with Gasteiger partial charge in [0.15, 0.2) is 0 Å². The molecule has 3 unspecified atom stereocenters. The Kier molecular flexibility index (Phi) is 11.5. The lowest BCUT2D eigenvalue weighted by molar-refractivity contribution is -0.870. The van der Waals surface area contributed by atoms with Crippen LogP contribution < -0.4 is 9.47 Å². The van der Waals surface area contributed by atoms with E-state index in [9.17, 15) is 14.7 Å². The van der Waals surface area contributed by atoms with E-state index in [1.54, 1.807) is 7.11 Å². The van der Waals surface area contributed by atoms with E-state index in [4.69, 9.17) is 9.47 Å². The molecule has 3 atom stereocenters. The van der Waals surface area contributed by atoms with Crippen molar-refractivity contribution in [1.29, 1.82) is 0 Å². The van der Waals surface area contributed by atoms with Crippen LogP contribution in [0.3, 0.4) is 0 Å². The van der Waals surface area contributed by atoms with Gasteiger partial charge in [-0.05, 0) is 60.9 Å². The third kappa shape index (κ3) is 8.73. The van der Waals surface area contributed by atoms with Crippen molar-refractivity contribution in [3.8, 4) is 11.5 Å². The summed E-state index contributed by atoms with van der Waals surface area (Å²) in [5, 5.41) is 10.6. The van der Waals surface area contributed by atoms with Crippen LogP contribution in [-0.4, -0.2) is 105 Å². The molecule has 2 aromatic rings. The predicted octanol–water partition coefficient (Wildman–Crippen LogP) is 4.85. The quantitative estimate of drug-likeness (QED) is 0.221. The van der Waals surface area contributed by atoms with Crippen LogP contribution in [0, 0.1) is 5.92 Å². The summed E-state index contributed by atoms with van der Waals surface area (Å²) in [5.74, 6) is 0.192. The highest BCUT2D eigenvalue weighted by Crippen LogP contribution is 2.41. The third-order valence-corrected chi connectivity index (χ3v) is 9.06. The smallest absolute Gasteiger partial charge is 0.308 e. The van der Waals surface area contributed by atoms with Crippen molar-refractivity contribution >= 4 is 11.9 Å².